The molecule has 7 nitrogen and oxygen atoms in total. The predicted octanol–water partition coefficient (Wildman–Crippen LogP) is 2.49. The summed E-state index contributed by atoms with van der Waals surface area (Å²) in [5.74, 6) is -5.84. The third kappa shape index (κ3) is 2.63. The molecule has 25 heavy (non-hydrogen) atoms. The summed E-state index contributed by atoms with van der Waals surface area (Å²) >= 11 is 0.315. The number of tetrazole rings is 1. The third-order valence-corrected chi connectivity index (χ3v) is 4.19. The molecule has 3 aromatic rings. The van der Waals surface area contributed by atoms with Gasteiger partial charge in [-0.3, -0.25) is 0 Å². The lowest BCUT2D eigenvalue weighted by Gasteiger charge is -2.07. The van der Waals surface area contributed by atoms with E-state index in [9.17, 15) is 17.6 Å². The van der Waals surface area contributed by atoms with E-state index >= 15 is 0 Å². The second kappa shape index (κ2) is 5.88. The summed E-state index contributed by atoms with van der Waals surface area (Å²) in [7, 11) is 0. The fourth-order valence-electron chi connectivity index (χ4n) is 2.07. The molecule has 128 valence electrons. The summed E-state index contributed by atoms with van der Waals surface area (Å²) in [5, 5.41) is 10.6. The average Bonchev–Trinajstić information content (AvgIpc) is 3.25. The third-order valence-electron chi connectivity index (χ3n) is 3.19. The van der Waals surface area contributed by atoms with Gasteiger partial charge >= 0.3 is 0 Å². The number of aromatic nitrogens is 5. The van der Waals surface area contributed by atoms with E-state index in [2.05, 4.69) is 20.5 Å². The Balaban J connectivity index is 1.74. The van der Waals surface area contributed by atoms with E-state index in [1.807, 2.05) is 0 Å². The van der Waals surface area contributed by atoms with Crippen molar-refractivity contribution in [3.05, 3.63) is 41.7 Å². The van der Waals surface area contributed by atoms with Crippen LogP contribution in [0.2, 0.25) is 0 Å². The smallest absolute Gasteiger partial charge is 0.252 e. The van der Waals surface area contributed by atoms with Crippen LogP contribution in [0, 0.1) is 23.5 Å². The van der Waals surface area contributed by atoms with E-state index in [1.165, 1.54) is 0 Å². The average molecular weight is 371 g/mol. The van der Waals surface area contributed by atoms with Crippen LogP contribution in [0.1, 0.15) is 0 Å². The zero-order valence-corrected chi connectivity index (χ0v) is 12.7. The van der Waals surface area contributed by atoms with Crippen LogP contribution in [0.25, 0.3) is 5.69 Å². The summed E-state index contributed by atoms with van der Waals surface area (Å²) in [6.45, 7) is 0.0575. The summed E-state index contributed by atoms with van der Waals surface area (Å²) in [4.78, 5) is 1.55. The van der Waals surface area contributed by atoms with Crippen molar-refractivity contribution in [2.45, 2.75) is 10.1 Å². The maximum absolute atomic E-state index is 13.8. The number of hydrogen-bond donors (Lipinski definition) is 0. The Morgan fingerprint density at radius 2 is 1.72 bits per heavy atom. The van der Waals surface area contributed by atoms with Crippen LogP contribution in [-0.2, 0) is 0 Å². The molecule has 0 unspecified atom stereocenters. The maximum atomic E-state index is 13.8. The van der Waals surface area contributed by atoms with E-state index < -0.39 is 28.4 Å². The molecule has 1 aliphatic heterocycles. The second-order valence-electron chi connectivity index (χ2n) is 4.66. The summed E-state index contributed by atoms with van der Waals surface area (Å²) in [6.07, 6.45) is 0. The summed E-state index contributed by atoms with van der Waals surface area (Å²) in [6, 6.07) is 4.72. The predicted molar refractivity (Wildman–Crippen MR) is 73.5 cm³/mol. The highest BCUT2D eigenvalue weighted by molar-refractivity contribution is 7.99. The van der Waals surface area contributed by atoms with Gasteiger partial charge in [0.1, 0.15) is 0 Å². The molecule has 1 aliphatic rings. The largest absolute Gasteiger partial charge is 0.454 e. The molecule has 0 radical (unpaired) electrons. The van der Waals surface area contributed by atoms with Crippen molar-refractivity contribution in [1.82, 2.24) is 25.2 Å². The molecule has 3 heterocycles. The monoisotopic (exact) mass is 371 g/mol. The first-order chi connectivity index (χ1) is 12.0. The fourth-order valence-corrected chi connectivity index (χ4v) is 2.91. The molecule has 2 aromatic heterocycles. The van der Waals surface area contributed by atoms with Gasteiger partial charge in [0.05, 0.1) is 10.6 Å². The molecule has 0 aliphatic carbocycles. The molecule has 4 rings (SSSR count). The zero-order valence-electron chi connectivity index (χ0n) is 11.9. The van der Waals surface area contributed by atoms with Crippen molar-refractivity contribution < 1.29 is 27.0 Å². The molecule has 0 atom stereocenters. The fraction of sp³-hybridized carbons (Fsp3) is 0.0769. The van der Waals surface area contributed by atoms with Gasteiger partial charge in [-0.25, -0.2) is 8.78 Å². The topological polar surface area (TPSA) is 75.0 Å². The number of benzene rings is 1. The summed E-state index contributed by atoms with van der Waals surface area (Å²) < 4.78 is 65.5. The molecule has 0 spiro atoms. The number of rotatable bonds is 3. The van der Waals surface area contributed by atoms with E-state index in [-0.39, 0.29) is 11.9 Å². The molecule has 0 amide bonds. The summed E-state index contributed by atoms with van der Waals surface area (Å²) in [5.41, 5.74) is 0.396. The SMILES string of the molecule is Fc1nc(F)c(F)c(Sc2nnnn2-c2ccc3c(c2)OCO3)c1F. The standard InChI is InChI=1S/C13H5F4N5O2S/c14-8-10(9(15)12(17)18-11(8)16)25-13-19-20-21-22(13)5-1-2-6-7(3-5)24-4-23-6/h1-3H,4H2. The van der Waals surface area contributed by atoms with Crippen LogP contribution in [-0.4, -0.2) is 32.0 Å². The molecule has 1 aromatic carbocycles. The van der Waals surface area contributed by atoms with E-state index in [0.29, 0.717) is 28.9 Å². The van der Waals surface area contributed by atoms with Gasteiger partial charge in [-0.1, -0.05) is 0 Å². The number of fused-ring (bicyclic) bond motifs is 1. The highest BCUT2D eigenvalue weighted by Crippen LogP contribution is 2.36. The van der Waals surface area contributed by atoms with Gasteiger partial charge in [0, 0.05) is 6.07 Å². The highest BCUT2D eigenvalue weighted by atomic mass is 32.2. The van der Waals surface area contributed by atoms with Gasteiger partial charge in [-0.15, -0.1) is 5.10 Å². The van der Waals surface area contributed by atoms with Crippen molar-refractivity contribution in [2.75, 3.05) is 6.79 Å². The first-order valence-electron chi connectivity index (χ1n) is 6.61. The number of hydrogen-bond acceptors (Lipinski definition) is 7. The Bertz CT molecular complexity index is 957. The van der Waals surface area contributed by atoms with Crippen LogP contribution >= 0.6 is 11.8 Å². The van der Waals surface area contributed by atoms with Crippen LogP contribution in [0.4, 0.5) is 17.6 Å². The van der Waals surface area contributed by atoms with Crippen molar-refractivity contribution >= 4 is 11.8 Å². The van der Waals surface area contributed by atoms with Crippen LogP contribution in [0.15, 0.2) is 28.3 Å². The number of halogens is 4. The van der Waals surface area contributed by atoms with Gasteiger partial charge in [-0.2, -0.15) is 18.4 Å². The van der Waals surface area contributed by atoms with Crippen LogP contribution < -0.4 is 9.47 Å². The first kappa shape index (κ1) is 15.6. The lowest BCUT2D eigenvalue weighted by molar-refractivity contribution is 0.174. The minimum atomic E-state index is -1.76. The molecule has 12 heteroatoms. The number of pyridine rings is 1. The lowest BCUT2D eigenvalue weighted by Crippen LogP contribution is -2.04. The lowest BCUT2D eigenvalue weighted by atomic mass is 10.3. The molecule has 0 fully saturated rings. The number of ether oxygens (including phenoxy) is 2. The van der Waals surface area contributed by atoms with Crippen molar-refractivity contribution in [3.63, 3.8) is 0 Å². The Morgan fingerprint density at radius 1 is 1.00 bits per heavy atom. The zero-order chi connectivity index (χ0) is 17.6. The van der Waals surface area contributed by atoms with Gasteiger partial charge in [0.2, 0.25) is 11.9 Å². The Morgan fingerprint density at radius 3 is 2.48 bits per heavy atom. The van der Waals surface area contributed by atoms with Gasteiger partial charge < -0.3 is 9.47 Å². The normalized spacial score (nSPS) is 12.6. The maximum Gasteiger partial charge on any atom is 0.252 e. The molecule has 0 saturated heterocycles. The van der Waals surface area contributed by atoms with Crippen molar-refractivity contribution in [3.8, 4) is 17.2 Å². The van der Waals surface area contributed by atoms with Gasteiger partial charge in [-0.05, 0) is 34.3 Å². The minimum absolute atomic E-state index is 0.0575. The first-order valence-corrected chi connectivity index (χ1v) is 7.42. The molecule has 0 N–H and O–H groups in total. The van der Waals surface area contributed by atoms with E-state index in [4.69, 9.17) is 9.47 Å². The number of nitrogens with zero attached hydrogens (tertiary/aromatic N) is 5. The molecular formula is C13H5F4N5O2S. The van der Waals surface area contributed by atoms with Crippen LogP contribution in [0.3, 0.4) is 0 Å². The minimum Gasteiger partial charge on any atom is -0.454 e. The quantitative estimate of drug-likeness (QED) is 0.517. The van der Waals surface area contributed by atoms with Crippen LogP contribution in [0.5, 0.6) is 11.5 Å². The second-order valence-corrected chi connectivity index (χ2v) is 5.64. The Hall–Kier alpha value is -2.89. The van der Waals surface area contributed by atoms with Crippen molar-refractivity contribution in [1.29, 1.82) is 0 Å². The van der Waals surface area contributed by atoms with Gasteiger partial charge in [0.15, 0.2) is 23.1 Å². The van der Waals surface area contributed by atoms with E-state index in [0.717, 1.165) is 4.68 Å². The Kier molecular flexibility index (Phi) is 3.67. The van der Waals surface area contributed by atoms with E-state index in [1.54, 1.807) is 18.2 Å². The molecular weight excluding hydrogens is 366 g/mol. The molecule has 0 saturated carbocycles. The highest BCUT2D eigenvalue weighted by Gasteiger charge is 2.24. The Labute approximate surface area is 140 Å². The van der Waals surface area contributed by atoms with Crippen molar-refractivity contribution in [2.24, 2.45) is 0 Å². The van der Waals surface area contributed by atoms with Gasteiger partial charge in [0.25, 0.3) is 11.9 Å². The molecule has 0 bridgehead atoms.